The van der Waals surface area contributed by atoms with E-state index in [0.717, 1.165) is 10.6 Å². The largest absolute Gasteiger partial charge is 0.508 e. The molecule has 2 rings (SSSR count). The maximum atomic E-state index is 11.4. The zero-order chi connectivity index (χ0) is 9.26. The molecule has 1 aromatic rings. The second-order valence-electron chi connectivity index (χ2n) is 2.78. The average molecular weight is 195 g/mol. The molecule has 0 unspecified atom stereocenters. The molecular weight excluding hydrogens is 186 g/mol. The lowest BCUT2D eigenvalue weighted by Gasteiger charge is -2.03. The minimum atomic E-state index is -0.101. The summed E-state index contributed by atoms with van der Waals surface area (Å²) in [6, 6.07) is 4.88. The van der Waals surface area contributed by atoms with Gasteiger partial charge in [-0.2, -0.15) is 0 Å². The van der Waals surface area contributed by atoms with E-state index < -0.39 is 0 Å². The smallest absolute Gasteiger partial charge is 0.252 e. The summed E-state index contributed by atoms with van der Waals surface area (Å²) in [7, 11) is 0. The van der Waals surface area contributed by atoms with Crippen LogP contribution in [0.5, 0.6) is 5.75 Å². The third-order valence-corrected chi connectivity index (χ3v) is 2.93. The SMILES string of the molecule is O=C1NCCSc2ccc(O)cc21. The van der Waals surface area contributed by atoms with Crippen LogP contribution in [0.1, 0.15) is 10.4 Å². The fourth-order valence-electron chi connectivity index (χ4n) is 1.24. The summed E-state index contributed by atoms with van der Waals surface area (Å²) in [5, 5.41) is 12.0. The first-order valence-corrected chi connectivity index (χ1v) is 5.00. The Morgan fingerprint density at radius 1 is 1.46 bits per heavy atom. The third-order valence-electron chi connectivity index (χ3n) is 1.85. The number of phenols is 1. The van der Waals surface area contributed by atoms with E-state index in [9.17, 15) is 9.90 Å². The summed E-state index contributed by atoms with van der Waals surface area (Å²) in [6.07, 6.45) is 0. The van der Waals surface area contributed by atoms with Crippen molar-refractivity contribution in [3.8, 4) is 5.75 Å². The summed E-state index contributed by atoms with van der Waals surface area (Å²) >= 11 is 1.63. The highest BCUT2D eigenvalue weighted by atomic mass is 32.2. The highest BCUT2D eigenvalue weighted by molar-refractivity contribution is 7.99. The van der Waals surface area contributed by atoms with E-state index in [1.54, 1.807) is 23.9 Å². The first-order chi connectivity index (χ1) is 6.27. The topological polar surface area (TPSA) is 49.3 Å². The average Bonchev–Trinajstić information content (AvgIpc) is 2.29. The number of amides is 1. The zero-order valence-electron chi connectivity index (χ0n) is 6.91. The van der Waals surface area contributed by atoms with Gasteiger partial charge in [0.15, 0.2) is 0 Å². The Balaban J connectivity index is 2.49. The van der Waals surface area contributed by atoms with E-state index >= 15 is 0 Å². The van der Waals surface area contributed by atoms with Gasteiger partial charge in [0, 0.05) is 17.2 Å². The Bertz CT molecular complexity index is 351. The van der Waals surface area contributed by atoms with Crippen LogP contribution in [0, 0.1) is 0 Å². The molecule has 1 aliphatic heterocycles. The van der Waals surface area contributed by atoms with Gasteiger partial charge in [-0.3, -0.25) is 4.79 Å². The lowest BCUT2D eigenvalue weighted by atomic mass is 10.2. The predicted molar refractivity (Wildman–Crippen MR) is 51.2 cm³/mol. The van der Waals surface area contributed by atoms with Crippen molar-refractivity contribution in [2.45, 2.75) is 4.90 Å². The van der Waals surface area contributed by atoms with Gasteiger partial charge in [0.05, 0.1) is 5.56 Å². The minimum absolute atomic E-state index is 0.101. The standard InChI is InChI=1S/C9H9NO2S/c11-6-1-2-8-7(5-6)9(12)10-3-4-13-8/h1-2,5,11H,3-4H2,(H,10,12). The molecule has 0 aromatic heterocycles. The Kier molecular flexibility index (Phi) is 2.14. The van der Waals surface area contributed by atoms with Crippen LogP contribution >= 0.6 is 11.8 Å². The van der Waals surface area contributed by atoms with E-state index in [2.05, 4.69) is 5.32 Å². The summed E-state index contributed by atoms with van der Waals surface area (Å²) < 4.78 is 0. The van der Waals surface area contributed by atoms with Crippen LogP contribution in [0.3, 0.4) is 0 Å². The Labute approximate surface area is 80.1 Å². The number of aromatic hydroxyl groups is 1. The zero-order valence-corrected chi connectivity index (χ0v) is 7.73. The van der Waals surface area contributed by atoms with Gasteiger partial charge in [-0.15, -0.1) is 11.8 Å². The van der Waals surface area contributed by atoms with Gasteiger partial charge in [0.2, 0.25) is 0 Å². The molecule has 0 radical (unpaired) electrons. The van der Waals surface area contributed by atoms with Crippen molar-refractivity contribution in [3.63, 3.8) is 0 Å². The van der Waals surface area contributed by atoms with E-state index in [-0.39, 0.29) is 11.7 Å². The van der Waals surface area contributed by atoms with Gasteiger partial charge in [-0.1, -0.05) is 0 Å². The molecule has 0 atom stereocenters. The summed E-state index contributed by atoms with van der Waals surface area (Å²) in [6.45, 7) is 0.680. The molecule has 0 saturated carbocycles. The third kappa shape index (κ3) is 1.62. The minimum Gasteiger partial charge on any atom is -0.508 e. The highest BCUT2D eigenvalue weighted by Crippen LogP contribution is 2.27. The van der Waals surface area contributed by atoms with Crippen molar-refractivity contribution >= 4 is 17.7 Å². The van der Waals surface area contributed by atoms with E-state index in [4.69, 9.17) is 0 Å². The number of hydrogen-bond donors (Lipinski definition) is 2. The molecule has 0 aliphatic carbocycles. The maximum Gasteiger partial charge on any atom is 0.252 e. The second-order valence-corrected chi connectivity index (χ2v) is 3.92. The number of hydrogen-bond acceptors (Lipinski definition) is 3. The van der Waals surface area contributed by atoms with Gasteiger partial charge in [0.1, 0.15) is 5.75 Å². The molecule has 2 N–H and O–H groups in total. The molecule has 1 aliphatic rings. The van der Waals surface area contributed by atoms with Crippen LogP contribution < -0.4 is 5.32 Å². The molecular formula is C9H9NO2S. The van der Waals surface area contributed by atoms with Gasteiger partial charge in [-0.25, -0.2) is 0 Å². The van der Waals surface area contributed by atoms with Gasteiger partial charge >= 0.3 is 0 Å². The van der Waals surface area contributed by atoms with Crippen molar-refractivity contribution < 1.29 is 9.90 Å². The van der Waals surface area contributed by atoms with E-state index in [0.29, 0.717) is 12.1 Å². The van der Waals surface area contributed by atoms with Gasteiger partial charge in [0.25, 0.3) is 5.91 Å². The molecule has 4 heteroatoms. The maximum absolute atomic E-state index is 11.4. The Hall–Kier alpha value is -1.16. The first kappa shape index (κ1) is 8.44. The van der Waals surface area contributed by atoms with Crippen molar-refractivity contribution in [1.29, 1.82) is 0 Å². The molecule has 0 bridgehead atoms. The quantitative estimate of drug-likeness (QED) is 0.654. The number of fused-ring (bicyclic) bond motifs is 1. The molecule has 0 saturated heterocycles. The molecule has 1 aromatic carbocycles. The normalized spacial score (nSPS) is 15.8. The fraction of sp³-hybridized carbons (Fsp3) is 0.222. The lowest BCUT2D eigenvalue weighted by Crippen LogP contribution is -2.23. The molecule has 68 valence electrons. The number of thioether (sulfide) groups is 1. The fourth-order valence-corrected chi connectivity index (χ4v) is 2.14. The molecule has 0 fully saturated rings. The van der Waals surface area contributed by atoms with Gasteiger partial charge < -0.3 is 10.4 Å². The van der Waals surface area contributed by atoms with Crippen molar-refractivity contribution in [2.24, 2.45) is 0 Å². The highest BCUT2D eigenvalue weighted by Gasteiger charge is 2.15. The molecule has 1 heterocycles. The number of rotatable bonds is 0. The van der Waals surface area contributed by atoms with E-state index in [1.165, 1.54) is 6.07 Å². The predicted octanol–water partition coefficient (Wildman–Crippen LogP) is 1.23. The Morgan fingerprint density at radius 2 is 2.31 bits per heavy atom. The number of carbonyl (C=O) groups is 1. The first-order valence-electron chi connectivity index (χ1n) is 4.01. The number of nitrogens with one attached hydrogen (secondary N) is 1. The lowest BCUT2D eigenvalue weighted by molar-refractivity contribution is 0.0954. The summed E-state index contributed by atoms with van der Waals surface area (Å²) in [4.78, 5) is 12.4. The van der Waals surface area contributed by atoms with Gasteiger partial charge in [-0.05, 0) is 18.2 Å². The molecule has 0 spiro atoms. The van der Waals surface area contributed by atoms with Crippen LogP contribution in [0.4, 0.5) is 0 Å². The van der Waals surface area contributed by atoms with Crippen LogP contribution in [-0.4, -0.2) is 23.3 Å². The molecule has 1 amide bonds. The summed E-state index contributed by atoms with van der Waals surface area (Å²) in [5.74, 6) is 0.913. The number of phenolic OH excluding ortho intramolecular Hbond substituents is 1. The van der Waals surface area contributed by atoms with Crippen LogP contribution in [0.15, 0.2) is 23.1 Å². The Morgan fingerprint density at radius 3 is 3.15 bits per heavy atom. The molecule has 13 heavy (non-hydrogen) atoms. The summed E-state index contributed by atoms with van der Waals surface area (Å²) in [5.41, 5.74) is 0.572. The molecule has 3 nitrogen and oxygen atoms in total. The van der Waals surface area contributed by atoms with Crippen LogP contribution in [-0.2, 0) is 0 Å². The van der Waals surface area contributed by atoms with E-state index in [1.807, 2.05) is 0 Å². The number of carbonyl (C=O) groups excluding carboxylic acids is 1. The number of benzene rings is 1. The van der Waals surface area contributed by atoms with Crippen molar-refractivity contribution in [3.05, 3.63) is 23.8 Å². The second kappa shape index (κ2) is 3.30. The van der Waals surface area contributed by atoms with Crippen LogP contribution in [0.2, 0.25) is 0 Å². The van der Waals surface area contributed by atoms with Crippen LogP contribution in [0.25, 0.3) is 0 Å². The van der Waals surface area contributed by atoms with Crippen molar-refractivity contribution in [2.75, 3.05) is 12.3 Å². The monoisotopic (exact) mass is 195 g/mol. The van der Waals surface area contributed by atoms with Crippen molar-refractivity contribution in [1.82, 2.24) is 5.32 Å².